The summed E-state index contributed by atoms with van der Waals surface area (Å²) in [5, 5.41) is 20.3. The van der Waals surface area contributed by atoms with E-state index >= 15 is 0 Å². The van der Waals surface area contributed by atoms with Crippen molar-refractivity contribution < 1.29 is 19.6 Å². The number of nitro benzene ring substituents is 1. The minimum atomic E-state index is -1.05. The summed E-state index contributed by atoms with van der Waals surface area (Å²) in [5.41, 5.74) is 1.18. The third-order valence-corrected chi connectivity index (χ3v) is 4.93. The summed E-state index contributed by atoms with van der Waals surface area (Å²) >= 11 is 1.17. The van der Waals surface area contributed by atoms with Crippen LogP contribution in [0.2, 0.25) is 0 Å². The number of aliphatic imine (C=N–C) groups is 1. The lowest BCUT2D eigenvalue weighted by atomic mass is 10.2. The molecule has 0 radical (unpaired) electrons. The van der Waals surface area contributed by atoms with E-state index in [4.69, 9.17) is 5.11 Å². The number of hydrogen-bond acceptors (Lipinski definition) is 6. The number of carboxylic acids is 1. The molecule has 9 heteroatoms. The van der Waals surface area contributed by atoms with Gasteiger partial charge in [-0.2, -0.15) is 0 Å². The fourth-order valence-corrected chi connectivity index (χ4v) is 3.60. The molecule has 0 saturated carbocycles. The highest BCUT2D eigenvalue weighted by Gasteiger charge is 2.32. The molecule has 142 valence electrons. The fourth-order valence-electron chi connectivity index (χ4n) is 2.53. The second-order valence-corrected chi connectivity index (χ2v) is 6.77. The van der Waals surface area contributed by atoms with Crippen LogP contribution < -0.4 is 0 Å². The van der Waals surface area contributed by atoms with E-state index < -0.39 is 10.9 Å². The molecule has 1 aliphatic heterocycles. The Hall–Kier alpha value is -3.46. The van der Waals surface area contributed by atoms with Crippen LogP contribution in [0.25, 0.3) is 6.08 Å². The summed E-state index contributed by atoms with van der Waals surface area (Å²) in [7, 11) is 0. The van der Waals surface area contributed by atoms with Crippen molar-refractivity contribution in [2.45, 2.75) is 6.92 Å². The number of carboxylic acid groups (broad SMARTS) is 1. The number of aromatic carboxylic acids is 1. The van der Waals surface area contributed by atoms with Gasteiger partial charge in [0.2, 0.25) is 0 Å². The van der Waals surface area contributed by atoms with E-state index in [1.807, 2.05) is 6.92 Å². The van der Waals surface area contributed by atoms with Gasteiger partial charge in [0.05, 0.1) is 21.1 Å². The number of rotatable bonds is 5. The Balaban J connectivity index is 1.91. The molecule has 0 spiro atoms. The van der Waals surface area contributed by atoms with Crippen molar-refractivity contribution in [2.75, 3.05) is 6.54 Å². The van der Waals surface area contributed by atoms with Crippen LogP contribution in [0, 0.1) is 10.1 Å². The van der Waals surface area contributed by atoms with Crippen molar-refractivity contribution in [3.05, 3.63) is 74.7 Å². The van der Waals surface area contributed by atoms with Crippen molar-refractivity contribution in [3.8, 4) is 0 Å². The van der Waals surface area contributed by atoms with E-state index in [0.717, 1.165) is 0 Å². The summed E-state index contributed by atoms with van der Waals surface area (Å²) in [4.78, 5) is 40.4. The number of likely N-dealkylation sites (N-methyl/N-ethyl adjacent to an activating group) is 1. The Morgan fingerprint density at radius 2 is 2.00 bits per heavy atom. The predicted octanol–water partition coefficient (Wildman–Crippen LogP) is 3.92. The zero-order valence-electron chi connectivity index (χ0n) is 14.7. The van der Waals surface area contributed by atoms with Gasteiger partial charge >= 0.3 is 5.97 Å². The zero-order valence-corrected chi connectivity index (χ0v) is 15.5. The first-order valence-corrected chi connectivity index (χ1v) is 9.08. The molecule has 1 aliphatic rings. The normalized spacial score (nSPS) is 16.8. The van der Waals surface area contributed by atoms with Crippen LogP contribution in [0.15, 0.2) is 58.4 Å². The van der Waals surface area contributed by atoms with E-state index in [9.17, 15) is 19.7 Å². The number of benzene rings is 2. The predicted molar refractivity (Wildman–Crippen MR) is 107 cm³/mol. The zero-order chi connectivity index (χ0) is 20.3. The van der Waals surface area contributed by atoms with Crippen molar-refractivity contribution >= 4 is 46.3 Å². The maximum Gasteiger partial charge on any atom is 0.335 e. The molecule has 1 N–H and O–H groups in total. The number of amides is 1. The van der Waals surface area contributed by atoms with Gasteiger partial charge in [-0.05, 0) is 60.7 Å². The van der Waals surface area contributed by atoms with E-state index in [-0.39, 0.29) is 17.2 Å². The van der Waals surface area contributed by atoms with Crippen LogP contribution in [0.4, 0.5) is 11.4 Å². The number of thioether (sulfide) groups is 1. The Morgan fingerprint density at radius 1 is 1.29 bits per heavy atom. The molecule has 28 heavy (non-hydrogen) atoms. The monoisotopic (exact) mass is 397 g/mol. The molecular weight excluding hydrogens is 382 g/mol. The van der Waals surface area contributed by atoms with Crippen molar-refractivity contribution in [2.24, 2.45) is 4.99 Å². The summed E-state index contributed by atoms with van der Waals surface area (Å²) in [6, 6.07) is 12.1. The van der Waals surface area contributed by atoms with Crippen LogP contribution in [0.5, 0.6) is 0 Å². The molecule has 1 amide bonds. The van der Waals surface area contributed by atoms with E-state index in [0.29, 0.717) is 27.9 Å². The molecule has 0 unspecified atom stereocenters. The van der Waals surface area contributed by atoms with E-state index in [1.54, 1.807) is 30.3 Å². The number of hydrogen-bond donors (Lipinski definition) is 1. The molecule has 2 aromatic rings. The fraction of sp³-hybridized carbons (Fsp3) is 0.105. The second-order valence-electron chi connectivity index (χ2n) is 5.76. The summed E-state index contributed by atoms with van der Waals surface area (Å²) in [5.74, 6) is -1.28. The Labute approximate surface area is 164 Å². The highest BCUT2D eigenvalue weighted by Crippen LogP contribution is 2.34. The van der Waals surface area contributed by atoms with Gasteiger partial charge in [-0.3, -0.25) is 19.8 Å². The molecule has 0 aliphatic carbocycles. The van der Waals surface area contributed by atoms with Gasteiger partial charge in [-0.1, -0.05) is 6.07 Å². The number of nitrogens with zero attached hydrogens (tertiary/aromatic N) is 3. The van der Waals surface area contributed by atoms with Crippen LogP contribution in [-0.4, -0.2) is 38.5 Å². The van der Waals surface area contributed by atoms with Gasteiger partial charge in [0.1, 0.15) is 0 Å². The van der Waals surface area contributed by atoms with Crippen molar-refractivity contribution in [3.63, 3.8) is 0 Å². The molecule has 1 fully saturated rings. The Kier molecular flexibility index (Phi) is 5.55. The minimum absolute atomic E-state index is 0.0247. The molecule has 0 bridgehead atoms. The molecule has 3 rings (SSSR count). The average molecular weight is 397 g/mol. The third-order valence-electron chi connectivity index (χ3n) is 3.92. The maximum atomic E-state index is 12.6. The molecule has 1 heterocycles. The lowest BCUT2D eigenvalue weighted by Gasteiger charge is -2.12. The number of amidine groups is 1. The van der Waals surface area contributed by atoms with E-state index in [2.05, 4.69) is 4.99 Å². The summed E-state index contributed by atoms with van der Waals surface area (Å²) < 4.78 is 0. The van der Waals surface area contributed by atoms with Crippen LogP contribution in [-0.2, 0) is 4.79 Å². The Bertz CT molecular complexity index is 1010. The average Bonchev–Trinajstić information content (AvgIpc) is 2.96. The third kappa shape index (κ3) is 4.09. The molecule has 8 nitrogen and oxygen atoms in total. The summed E-state index contributed by atoms with van der Waals surface area (Å²) in [6.45, 7) is 2.22. The smallest absolute Gasteiger partial charge is 0.335 e. The van der Waals surface area contributed by atoms with Crippen LogP contribution in [0.1, 0.15) is 22.8 Å². The minimum Gasteiger partial charge on any atom is -0.478 e. The van der Waals surface area contributed by atoms with E-state index in [1.165, 1.54) is 40.9 Å². The number of carbonyl (C=O) groups is 2. The molecular formula is C19H15N3O5S. The highest BCUT2D eigenvalue weighted by atomic mass is 32.2. The van der Waals surface area contributed by atoms with Crippen LogP contribution >= 0.6 is 11.8 Å². The van der Waals surface area contributed by atoms with Gasteiger partial charge in [0.25, 0.3) is 11.6 Å². The van der Waals surface area contributed by atoms with Gasteiger partial charge in [0, 0.05) is 18.7 Å². The van der Waals surface area contributed by atoms with Gasteiger partial charge in [-0.25, -0.2) is 9.79 Å². The first-order chi connectivity index (χ1) is 13.4. The second kappa shape index (κ2) is 8.05. The van der Waals surface area contributed by atoms with Crippen molar-refractivity contribution in [1.29, 1.82) is 0 Å². The largest absolute Gasteiger partial charge is 0.478 e. The standard InChI is InChI=1S/C19H15N3O5S/c1-2-21-17(23)16(10-12-6-8-15(9-7-12)22(26)27)28-19(21)20-14-5-3-4-13(11-14)18(24)25/h3-11H,2H2,1H3,(H,24,25)/b16-10-,20-19?. The number of non-ortho nitro benzene ring substituents is 1. The lowest BCUT2D eigenvalue weighted by molar-refractivity contribution is -0.384. The molecule has 0 aromatic heterocycles. The number of nitro groups is 1. The maximum absolute atomic E-state index is 12.6. The molecule has 0 atom stereocenters. The Morgan fingerprint density at radius 3 is 2.61 bits per heavy atom. The van der Waals surface area contributed by atoms with Gasteiger partial charge < -0.3 is 5.11 Å². The number of carbonyl (C=O) groups excluding carboxylic acids is 1. The first-order valence-electron chi connectivity index (χ1n) is 8.27. The quantitative estimate of drug-likeness (QED) is 0.465. The SMILES string of the molecule is CCN1C(=O)/C(=C/c2ccc([N+](=O)[O-])cc2)SC1=Nc1cccc(C(=O)O)c1. The van der Waals surface area contributed by atoms with Crippen molar-refractivity contribution in [1.82, 2.24) is 4.90 Å². The lowest BCUT2D eigenvalue weighted by Crippen LogP contribution is -2.28. The van der Waals surface area contributed by atoms with Crippen LogP contribution in [0.3, 0.4) is 0 Å². The van der Waals surface area contributed by atoms with Gasteiger partial charge in [0.15, 0.2) is 5.17 Å². The topological polar surface area (TPSA) is 113 Å². The summed E-state index contributed by atoms with van der Waals surface area (Å²) in [6.07, 6.45) is 1.65. The van der Waals surface area contributed by atoms with Gasteiger partial charge in [-0.15, -0.1) is 0 Å². The first kappa shape index (κ1) is 19.3. The highest BCUT2D eigenvalue weighted by molar-refractivity contribution is 8.18. The molecule has 1 saturated heterocycles. The molecule has 2 aromatic carbocycles.